The number of hydrogen-bond acceptors (Lipinski definition) is 3. The Labute approximate surface area is 161 Å². The van der Waals surface area contributed by atoms with Gasteiger partial charge in [-0.3, -0.25) is 4.79 Å². The average molecular weight is 390 g/mol. The van der Waals surface area contributed by atoms with Crippen LogP contribution >= 0.6 is 0 Å². The molecule has 2 aromatic carbocycles. The number of benzene rings is 2. The number of ether oxygens (including phenoxy) is 1. The number of carbonyl (C=O) groups excluding carboxylic acids is 1. The zero-order valence-corrected chi connectivity index (χ0v) is 15.4. The highest BCUT2D eigenvalue weighted by atomic mass is 19.4. The summed E-state index contributed by atoms with van der Waals surface area (Å²) in [6.07, 6.45) is -1.41. The minimum atomic E-state index is -4.36. The predicted octanol–water partition coefficient (Wildman–Crippen LogP) is 4.08. The molecule has 1 heterocycles. The van der Waals surface area contributed by atoms with Gasteiger partial charge in [-0.2, -0.15) is 13.2 Å². The number of alkyl halides is 3. The maximum atomic E-state index is 12.6. The van der Waals surface area contributed by atoms with E-state index in [-0.39, 0.29) is 5.91 Å². The van der Waals surface area contributed by atoms with Crippen LogP contribution in [0.3, 0.4) is 0 Å². The summed E-state index contributed by atoms with van der Waals surface area (Å²) in [4.78, 5) is 16.3. The molecule has 28 heavy (non-hydrogen) atoms. The van der Waals surface area contributed by atoms with Crippen LogP contribution in [-0.2, 0) is 11.0 Å². The molecule has 0 spiro atoms. The highest BCUT2D eigenvalue weighted by molar-refractivity contribution is 5.92. The van der Waals surface area contributed by atoms with Gasteiger partial charge in [0, 0.05) is 37.9 Å². The number of nitrogens with zero attached hydrogens (tertiary/aromatic N) is 2. The minimum absolute atomic E-state index is 0.144. The summed E-state index contributed by atoms with van der Waals surface area (Å²) in [5, 5.41) is 0. The van der Waals surface area contributed by atoms with Crippen molar-refractivity contribution in [2.75, 3.05) is 38.2 Å². The van der Waals surface area contributed by atoms with Crippen molar-refractivity contribution in [2.45, 2.75) is 6.18 Å². The van der Waals surface area contributed by atoms with Crippen LogP contribution in [0.1, 0.15) is 11.1 Å². The molecule has 4 nitrogen and oxygen atoms in total. The normalized spacial score (nSPS) is 15.1. The molecular weight excluding hydrogens is 369 g/mol. The molecule has 0 unspecified atom stereocenters. The number of halogens is 3. The lowest BCUT2D eigenvalue weighted by atomic mass is 10.1. The minimum Gasteiger partial charge on any atom is -0.497 e. The number of rotatable bonds is 4. The SMILES string of the molecule is COc1ccc(N2CCN(C(=O)/C=C/c3ccc(C(F)(F)F)cc3)CC2)cc1. The molecule has 2 aromatic rings. The van der Waals surface area contributed by atoms with Crippen LogP contribution < -0.4 is 9.64 Å². The van der Waals surface area contributed by atoms with Crippen molar-refractivity contribution >= 4 is 17.7 Å². The number of anilines is 1. The smallest absolute Gasteiger partial charge is 0.416 e. The Morgan fingerprint density at radius 1 is 0.964 bits per heavy atom. The molecule has 1 saturated heterocycles. The van der Waals surface area contributed by atoms with Gasteiger partial charge in [-0.05, 0) is 48.0 Å². The average Bonchev–Trinajstić information content (AvgIpc) is 2.72. The summed E-state index contributed by atoms with van der Waals surface area (Å²) >= 11 is 0. The van der Waals surface area contributed by atoms with Crippen LogP contribution in [0.4, 0.5) is 18.9 Å². The molecule has 7 heteroatoms. The molecule has 1 aliphatic rings. The van der Waals surface area contributed by atoms with Crippen molar-refractivity contribution in [3.05, 3.63) is 65.7 Å². The molecule has 0 bridgehead atoms. The second-order valence-corrected chi connectivity index (χ2v) is 6.46. The van der Waals surface area contributed by atoms with Crippen LogP contribution in [0.15, 0.2) is 54.6 Å². The standard InChI is InChI=1S/C21H21F3N2O2/c1-28-19-9-7-18(8-10-19)25-12-14-26(15-13-25)20(27)11-4-16-2-5-17(6-3-16)21(22,23)24/h2-11H,12-15H2,1H3/b11-4+. The highest BCUT2D eigenvalue weighted by Crippen LogP contribution is 2.29. The van der Waals surface area contributed by atoms with Gasteiger partial charge in [0.1, 0.15) is 5.75 Å². The van der Waals surface area contributed by atoms with Gasteiger partial charge in [-0.25, -0.2) is 0 Å². The maximum Gasteiger partial charge on any atom is 0.416 e. The summed E-state index contributed by atoms with van der Waals surface area (Å²) in [5.41, 5.74) is 0.928. The molecule has 0 radical (unpaired) electrons. The molecule has 148 valence electrons. The van der Waals surface area contributed by atoms with Gasteiger partial charge in [-0.1, -0.05) is 12.1 Å². The van der Waals surface area contributed by atoms with E-state index in [0.717, 1.165) is 23.6 Å². The predicted molar refractivity (Wildman–Crippen MR) is 102 cm³/mol. The quantitative estimate of drug-likeness (QED) is 0.738. The van der Waals surface area contributed by atoms with Crippen molar-refractivity contribution < 1.29 is 22.7 Å². The van der Waals surface area contributed by atoms with Crippen molar-refractivity contribution in [3.8, 4) is 5.75 Å². The summed E-state index contributed by atoms with van der Waals surface area (Å²) in [6.45, 7) is 2.60. The molecule has 0 aliphatic carbocycles. The van der Waals surface area contributed by atoms with Crippen molar-refractivity contribution in [1.29, 1.82) is 0 Å². The summed E-state index contributed by atoms with van der Waals surface area (Å²) in [7, 11) is 1.62. The third-order valence-corrected chi connectivity index (χ3v) is 4.69. The number of amides is 1. The van der Waals surface area contributed by atoms with Gasteiger partial charge < -0.3 is 14.5 Å². The number of hydrogen-bond donors (Lipinski definition) is 0. The molecule has 0 atom stereocenters. The van der Waals surface area contributed by atoms with E-state index in [1.54, 1.807) is 18.1 Å². The third-order valence-electron chi connectivity index (χ3n) is 4.69. The zero-order chi connectivity index (χ0) is 20.1. The van der Waals surface area contributed by atoms with E-state index in [0.29, 0.717) is 31.7 Å². The van der Waals surface area contributed by atoms with E-state index in [9.17, 15) is 18.0 Å². The van der Waals surface area contributed by atoms with E-state index < -0.39 is 11.7 Å². The Kier molecular flexibility index (Phi) is 5.92. The van der Waals surface area contributed by atoms with Crippen LogP contribution in [0.25, 0.3) is 6.08 Å². The highest BCUT2D eigenvalue weighted by Gasteiger charge is 2.29. The first-order valence-electron chi connectivity index (χ1n) is 8.90. The van der Waals surface area contributed by atoms with E-state index in [1.807, 2.05) is 24.3 Å². The number of piperazine rings is 1. The Balaban J connectivity index is 1.54. The third kappa shape index (κ3) is 4.85. The largest absolute Gasteiger partial charge is 0.497 e. The van der Waals surface area contributed by atoms with E-state index >= 15 is 0 Å². The molecule has 3 rings (SSSR count). The first-order chi connectivity index (χ1) is 13.4. The monoisotopic (exact) mass is 390 g/mol. The van der Waals surface area contributed by atoms with Crippen molar-refractivity contribution in [1.82, 2.24) is 4.90 Å². The molecule has 0 N–H and O–H groups in total. The van der Waals surface area contributed by atoms with Crippen LogP contribution in [-0.4, -0.2) is 44.1 Å². The van der Waals surface area contributed by atoms with E-state index in [2.05, 4.69) is 4.90 Å². The first-order valence-corrected chi connectivity index (χ1v) is 8.90. The van der Waals surface area contributed by atoms with Crippen LogP contribution in [0, 0.1) is 0 Å². The second kappa shape index (κ2) is 8.37. The Hall–Kier alpha value is -2.96. The summed E-state index contributed by atoms with van der Waals surface area (Å²) < 4.78 is 42.9. The summed E-state index contributed by atoms with van der Waals surface area (Å²) in [6, 6.07) is 12.5. The zero-order valence-electron chi connectivity index (χ0n) is 15.4. The fourth-order valence-corrected chi connectivity index (χ4v) is 3.03. The van der Waals surface area contributed by atoms with Gasteiger partial charge in [0.05, 0.1) is 12.7 Å². The van der Waals surface area contributed by atoms with Crippen molar-refractivity contribution in [2.24, 2.45) is 0 Å². The van der Waals surface area contributed by atoms with E-state index in [4.69, 9.17) is 4.74 Å². The second-order valence-electron chi connectivity index (χ2n) is 6.46. The molecule has 0 saturated carbocycles. The first kappa shape index (κ1) is 19.8. The fraction of sp³-hybridized carbons (Fsp3) is 0.286. The molecule has 1 amide bonds. The fourth-order valence-electron chi connectivity index (χ4n) is 3.03. The molecule has 1 fully saturated rings. The lowest BCUT2D eigenvalue weighted by Crippen LogP contribution is -2.48. The van der Waals surface area contributed by atoms with Crippen molar-refractivity contribution in [3.63, 3.8) is 0 Å². The van der Waals surface area contributed by atoms with Crippen LogP contribution in [0.5, 0.6) is 5.75 Å². The van der Waals surface area contributed by atoms with Gasteiger partial charge in [0.25, 0.3) is 0 Å². The van der Waals surface area contributed by atoms with Gasteiger partial charge >= 0.3 is 6.18 Å². The van der Waals surface area contributed by atoms with E-state index in [1.165, 1.54) is 18.2 Å². The number of carbonyl (C=O) groups is 1. The van der Waals surface area contributed by atoms with Gasteiger partial charge in [-0.15, -0.1) is 0 Å². The number of methoxy groups -OCH3 is 1. The lowest BCUT2D eigenvalue weighted by molar-refractivity contribution is -0.137. The Morgan fingerprint density at radius 2 is 1.57 bits per heavy atom. The lowest BCUT2D eigenvalue weighted by Gasteiger charge is -2.35. The molecule has 1 aliphatic heterocycles. The summed E-state index contributed by atoms with van der Waals surface area (Å²) in [5.74, 6) is 0.653. The van der Waals surface area contributed by atoms with Crippen LogP contribution in [0.2, 0.25) is 0 Å². The molecular formula is C21H21F3N2O2. The van der Waals surface area contributed by atoms with Gasteiger partial charge in [0.15, 0.2) is 0 Å². The van der Waals surface area contributed by atoms with Gasteiger partial charge in [0.2, 0.25) is 5.91 Å². The maximum absolute atomic E-state index is 12.6. The Morgan fingerprint density at radius 3 is 2.11 bits per heavy atom. The Bertz CT molecular complexity index is 822. The topological polar surface area (TPSA) is 32.8 Å². The molecule has 0 aromatic heterocycles.